The Kier molecular flexibility index (Phi) is 2.48. The van der Waals surface area contributed by atoms with E-state index in [0.717, 1.165) is 16.8 Å². The molecule has 0 saturated heterocycles. The number of nitrogens with zero attached hydrogens (tertiary/aromatic N) is 1. The SMILES string of the molecule is Cc1noc(C)c1-c1ccc(C=O)c(O)c1. The minimum Gasteiger partial charge on any atom is -0.507 e. The largest absolute Gasteiger partial charge is 0.507 e. The number of aldehydes is 1. The van der Waals surface area contributed by atoms with Crippen LogP contribution in [0.15, 0.2) is 22.7 Å². The summed E-state index contributed by atoms with van der Waals surface area (Å²) in [5, 5.41) is 13.4. The average molecular weight is 217 g/mol. The molecule has 16 heavy (non-hydrogen) atoms. The third-order valence-electron chi connectivity index (χ3n) is 2.48. The molecule has 1 aromatic heterocycles. The maximum Gasteiger partial charge on any atom is 0.153 e. The molecule has 1 N–H and O–H groups in total. The molecule has 0 fully saturated rings. The Labute approximate surface area is 92.5 Å². The molecule has 2 aromatic rings. The third-order valence-corrected chi connectivity index (χ3v) is 2.48. The van der Waals surface area contributed by atoms with E-state index in [2.05, 4.69) is 5.16 Å². The van der Waals surface area contributed by atoms with Gasteiger partial charge in [-0.2, -0.15) is 0 Å². The fourth-order valence-electron chi connectivity index (χ4n) is 1.69. The smallest absolute Gasteiger partial charge is 0.153 e. The van der Waals surface area contributed by atoms with Gasteiger partial charge in [0.2, 0.25) is 0 Å². The molecule has 1 aromatic carbocycles. The van der Waals surface area contributed by atoms with Gasteiger partial charge in [-0.1, -0.05) is 11.2 Å². The monoisotopic (exact) mass is 217 g/mol. The molecule has 0 radical (unpaired) electrons. The minimum atomic E-state index is -0.0347. The van der Waals surface area contributed by atoms with E-state index in [4.69, 9.17) is 4.52 Å². The van der Waals surface area contributed by atoms with Gasteiger partial charge in [-0.15, -0.1) is 0 Å². The highest BCUT2D eigenvalue weighted by Crippen LogP contribution is 2.30. The van der Waals surface area contributed by atoms with Gasteiger partial charge in [0, 0.05) is 5.56 Å². The topological polar surface area (TPSA) is 63.3 Å². The molecule has 0 bridgehead atoms. The van der Waals surface area contributed by atoms with Crippen LogP contribution >= 0.6 is 0 Å². The predicted octanol–water partition coefficient (Wildman–Crippen LogP) is 2.48. The summed E-state index contributed by atoms with van der Waals surface area (Å²) in [4.78, 5) is 10.6. The summed E-state index contributed by atoms with van der Waals surface area (Å²) >= 11 is 0. The Morgan fingerprint density at radius 3 is 2.62 bits per heavy atom. The molecule has 0 aliphatic rings. The van der Waals surface area contributed by atoms with Gasteiger partial charge < -0.3 is 9.63 Å². The molecular weight excluding hydrogens is 206 g/mol. The van der Waals surface area contributed by atoms with Crippen LogP contribution in [-0.2, 0) is 0 Å². The van der Waals surface area contributed by atoms with Gasteiger partial charge in [0.15, 0.2) is 6.29 Å². The van der Waals surface area contributed by atoms with Crippen LogP contribution in [0, 0.1) is 13.8 Å². The highest BCUT2D eigenvalue weighted by molar-refractivity contribution is 5.82. The number of aryl methyl sites for hydroxylation is 2. The first kappa shape index (κ1) is 10.4. The molecule has 82 valence electrons. The van der Waals surface area contributed by atoms with Crippen LogP contribution in [-0.4, -0.2) is 16.5 Å². The van der Waals surface area contributed by atoms with Crippen molar-refractivity contribution in [1.82, 2.24) is 5.16 Å². The summed E-state index contributed by atoms with van der Waals surface area (Å²) in [5.74, 6) is 0.656. The Balaban J connectivity index is 2.57. The summed E-state index contributed by atoms with van der Waals surface area (Å²) in [6.07, 6.45) is 0.618. The molecule has 0 saturated carbocycles. The lowest BCUT2D eigenvalue weighted by molar-refractivity contribution is 0.112. The summed E-state index contributed by atoms with van der Waals surface area (Å²) in [6.45, 7) is 3.64. The van der Waals surface area contributed by atoms with Crippen molar-refractivity contribution in [2.75, 3.05) is 0 Å². The van der Waals surface area contributed by atoms with Crippen molar-refractivity contribution in [3.05, 3.63) is 35.2 Å². The second kappa shape index (κ2) is 3.81. The van der Waals surface area contributed by atoms with Crippen LogP contribution < -0.4 is 0 Å². The van der Waals surface area contributed by atoms with E-state index in [1.54, 1.807) is 19.1 Å². The van der Waals surface area contributed by atoms with Crippen molar-refractivity contribution >= 4 is 6.29 Å². The van der Waals surface area contributed by atoms with Gasteiger partial charge in [-0.25, -0.2) is 0 Å². The first-order valence-electron chi connectivity index (χ1n) is 4.85. The predicted molar refractivity (Wildman–Crippen MR) is 58.5 cm³/mol. The normalized spacial score (nSPS) is 10.4. The second-order valence-electron chi connectivity index (χ2n) is 3.59. The van der Waals surface area contributed by atoms with Crippen LogP contribution in [0.3, 0.4) is 0 Å². The number of hydrogen-bond acceptors (Lipinski definition) is 4. The summed E-state index contributed by atoms with van der Waals surface area (Å²) in [7, 11) is 0. The van der Waals surface area contributed by atoms with Gasteiger partial charge in [0.1, 0.15) is 11.5 Å². The Bertz CT molecular complexity index is 524. The quantitative estimate of drug-likeness (QED) is 0.785. The summed E-state index contributed by atoms with van der Waals surface area (Å²) in [5.41, 5.74) is 2.68. The van der Waals surface area contributed by atoms with Gasteiger partial charge in [-0.3, -0.25) is 4.79 Å². The Hall–Kier alpha value is -2.10. The minimum absolute atomic E-state index is 0.0347. The molecule has 0 aliphatic carbocycles. The standard InChI is InChI=1S/C12H11NO3/c1-7-12(8(2)16-13-7)9-3-4-10(6-14)11(15)5-9/h3-6,15H,1-2H3. The summed E-state index contributed by atoms with van der Waals surface area (Å²) < 4.78 is 5.04. The van der Waals surface area contributed by atoms with Crippen LogP contribution in [0.4, 0.5) is 0 Å². The van der Waals surface area contributed by atoms with Gasteiger partial charge >= 0.3 is 0 Å². The average Bonchev–Trinajstić information content (AvgIpc) is 2.58. The molecule has 0 spiro atoms. The van der Waals surface area contributed by atoms with Crippen molar-refractivity contribution in [1.29, 1.82) is 0 Å². The number of benzene rings is 1. The van der Waals surface area contributed by atoms with E-state index in [9.17, 15) is 9.90 Å². The third kappa shape index (κ3) is 1.58. The summed E-state index contributed by atoms with van der Waals surface area (Å²) in [6, 6.07) is 4.87. The zero-order valence-electron chi connectivity index (χ0n) is 9.02. The second-order valence-corrected chi connectivity index (χ2v) is 3.59. The Morgan fingerprint density at radius 1 is 1.38 bits per heavy atom. The molecule has 0 aliphatic heterocycles. The first-order chi connectivity index (χ1) is 7.63. The maximum atomic E-state index is 10.6. The van der Waals surface area contributed by atoms with Gasteiger partial charge in [0.05, 0.1) is 11.3 Å². The molecule has 2 rings (SSSR count). The van der Waals surface area contributed by atoms with Crippen molar-refractivity contribution in [2.45, 2.75) is 13.8 Å². The van der Waals surface area contributed by atoms with E-state index >= 15 is 0 Å². The Morgan fingerprint density at radius 2 is 2.12 bits per heavy atom. The van der Waals surface area contributed by atoms with Crippen LogP contribution in [0.25, 0.3) is 11.1 Å². The molecular formula is C12H11NO3. The van der Waals surface area contributed by atoms with Crippen LogP contribution in [0.5, 0.6) is 5.75 Å². The number of aromatic nitrogens is 1. The lowest BCUT2D eigenvalue weighted by Gasteiger charge is -2.02. The van der Waals surface area contributed by atoms with E-state index in [1.165, 1.54) is 6.07 Å². The number of hydrogen-bond donors (Lipinski definition) is 1. The molecule has 4 heteroatoms. The number of carbonyl (C=O) groups is 1. The molecule has 0 amide bonds. The fourth-order valence-corrected chi connectivity index (χ4v) is 1.69. The first-order valence-corrected chi connectivity index (χ1v) is 4.85. The van der Waals surface area contributed by atoms with Gasteiger partial charge in [0.25, 0.3) is 0 Å². The molecule has 0 atom stereocenters. The lowest BCUT2D eigenvalue weighted by Crippen LogP contribution is -1.85. The van der Waals surface area contributed by atoms with E-state index in [0.29, 0.717) is 12.0 Å². The van der Waals surface area contributed by atoms with Crippen molar-refractivity contribution in [3.8, 4) is 16.9 Å². The fraction of sp³-hybridized carbons (Fsp3) is 0.167. The zero-order chi connectivity index (χ0) is 11.7. The number of phenols is 1. The number of phenolic OH excluding ortho intramolecular Hbond substituents is 1. The highest BCUT2D eigenvalue weighted by Gasteiger charge is 2.12. The van der Waals surface area contributed by atoms with E-state index in [1.807, 2.05) is 6.92 Å². The van der Waals surface area contributed by atoms with Crippen LogP contribution in [0.2, 0.25) is 0 Å². The lowest BCUT2D eigenvalue weighted by atomic mass is 10.0. The number of aromatic hydroxyl groups is 1. The molecule has 0 unspecified atom stereocenters. The van der Waals surface area contributed by atoms with E-state index in [-0.39, 0.29) is 11.3 Å². The van der Waals surface area contributed by atoms with Crippen molar-refractivity contribution in [3.63, 3.8) is 0 Å². The van der Waals surface area contributed by atoms with E-state index < -0.39 is 0 Å². The zero-order valence-corrected chi connectivity index (χ0v) is 9.02. The highest BCUT2D eigenvalue weighted by atomic mass is 16.5. The molecule has 1 heterocycles. The van der Waals surface area contributed by atoms with Crippen molar-refractivity contribution < 1.29 is 14.4 Å². The molecule has 4 nitrogen and oxygen atoms in total. The van der Waals surface area contributed by atoms with Crippen molar-refractivity contribution in [2.24, 2.45) is 0 Å². The number of rotatable bonds is 2. The van der Waals surface area contributed by atoms with Crippen LogP contribution in [0.1, 0.15) is 21.8 Å². The number of carbonyl (C=O) groups excluding carboxylic acids is 1. The maximum absolute atomic E-state index is 10.6. The van der Waals surface area contributed by atoms with Gasteiger partial charge in [-0.05, 0) is 31.5 Å².